The average molecular weight is 191 g/mol. The van der Waals surface area contributed by atoms with Crippen LogP contribution >= 0.6 is 0 Å². The number of hydrogen-bond acceptors (Lipinski definition) is 3. The Labute approximate surface area is 84.7 Å². The molecule has 0 atom stereocenters. The molecular formula is C11H17N3. The Balaban J connectivity index is 1.91. The van der Waals surface area contributed by atoms with Gasteiger partial charge in [0.1, 0.15) is 5.82 Å². The molecule has 14 heavy (non-hydrogen) atoms. The van der Waals surface area contributed by atoms with Crippen LogP contribution in [0.4, 0.5) is 11.5 Å². The van der Waals surface area contributed by atoms with Gasteiger partial charge in [-0.1, -0.05) is 6.42 Å². The van der Waals surface area contributed by atoms with E-state index in [0.717, 1.165) is 29.7 Å². The molecule has 0 spiro atoms. The molecule has 3 nitrogen and oxygen atoms in total. The third-order valence-corrected chi connectivity index (χ3v) is 2.92. The van der Waals surface area contributed by atoms with Crippen LogP contribution in [0.15, 0.2) is 12.1 Å². The topological polar surface area (TPSA) is 50.9 Å². The van der Waals surface area contributed by atoms with Gasteiger partial charge in [-0.2, -0.15) is 0 Å². The molecule has 3 N–H and O–H groups in total. The lowest BCUT2D eigenvalue weighted by atomic mass is 9.85. The smallest absolute Gasteiger partial charge is 0.126 e. The Morgan fingerprint density at radius 2 is 2.29 bits per heavy atom. The Morgan fingerprint density at radius 3 is 2.86 bits per heavy atom. The van der Waals surface area contributed by atoms with Gasteiger partial charge in [0.2, 0.25) is 0 Å². The minimum atomic E-state index is 0.763. The molecule has 2 rings (SSSR count). The first-order valence-electron chi connectivity index (χ1n) is 5.22. The maximum absolute atomic E-state index is 5.69. The maximum atomic E-state index is 5.69. The zero-order valence-electron chi connectivity index (χ0n) is 8.59. The van der Waals surface area contributed by atoms with E-state index in [2.05, 4.69) is 10.3 Å². The molecule has 76 valence electrons. The van der Waals surface area contributed by atoms with Gasteiger partial charge in [-0.15, -0.1) is 0 Å². The molecule has 1 aliphatic rings. The predicted octanol–water partition coefficient (Wildman–Crippen LogP) is 2.18. The highest BCUT2D eigenvalue weighted by atomic mass is 15.0. The third-order valence-electron chi connectivity index (χ3n) is 2.92. The van der Waals surface area contributed by atoms with E-state index in [-0.39, 0.29) is 0 Å². The van der Waals surface area contributed by atoms with E-state index in [1.165, 1.54) is 19.3 Å². The number of anilines is 2. The first kappa shape index (κ1) is 9.31. The number of rotatable bonds is 3. The lowest BCUT2D eigenvalue weighted by Gasteiger charge is -2.25. The summed E-state index contributed by atoms with van der Waals surface area (Å²) in [6.07, 6.45) is 4.11. The van der Waals surface area contributed by atoms with E-state index < -0.39 is 0 Å². The summed E-state index contributed by atoms with van der Waals surface area (Å²) in [5.74, 6) is 1.80. The minimum absolute atomic E-state index is 0.763. The van der Waals surface area contributed by atoms with E-state index in [4.69, 9.17) is 5.73 Å². The van der Waals surface area contributed by atoms with E-state index in [1.807, 2.05) is 19.1 Å². The monoisotopic (exact) mass is 191 g/mol. The molecule has 1 saturated carbocycles. The lowest BCUT2D eigenvalue weighted by molar-refractivity contribution is 0.333. The van der Waals surface area contributed by atoms with Crippen LogP contribution < -0.4 is 11.1 Å². The van der Waals surface area contributed by atoms with Crippen LogP contribution in [0.5, 0.6) is 0 Å². The molecule has 0 aromatic carbocycles. The van der Waals surface area contributed by atoms with E-state index in [1.54, 1.807) is 0 Å². The minimum Gasteiger partial charge on any atom is -0.397 e. The molecule has 3 heteroatoms. The van der Waals surface area contributed by atoms with Gasteiger partial charge in [0.25, 0.3) is 0 Å². The highest BCUT2D eigenvalue weighted by Crippen LogP contribution is 2.26. The van der Waals surface area contributed by atoms with Gasteiger partial charge in [0, 0.05) is 6.54 Å². The van der Waals surface area contributed by atoms with Crippen LogP contribution in [0, 0.1) is 12.8 Å². The van der Waals surface area contributed by atoms with Crippen molar-refractivity contribution in [2.24, 2.45) is 5.92 Å². The van der Waals surface area contributed by atoms with Crippen molar-refractivity contribution >= 4 is 11.5 Å². The van der Waals surface area contributed by atoms with Crippen molar-refractivity contribution in [3.05, 3.63) is 17.8 Å². The molecular weight excluding hydrogens is 174 g/mol. The van der Waals surface area contributed by atoms with Crippen molar-refractivity contribution in [1.82, 2.24) is 4.98 Å². The summed E-state index contributed by atoms with van der Waals surface area (Å²) in [5, 5.41) is 3.35. The summed E-state index contributed by atoms with van der Waals surface area (Å²) in [5.41, 5.74) is 7.36. The lowest BCUT2D eigenvalue weighted by Crippen LogP contribution is -2.21. The Morgan fingerprint density at radius 1 is 1.50 bits per heavy atom. The number of aryl methyl sites for hydroxylation is 1. The molecule has 0 saturated heterocycles. The van der Waals surface area contributed by atoms with Crippen LogP contribution in [-0.2, 0) is 0 Å². The van der Waals surface area contributed by atoms with Crippen molar-refractivity contribution in [2.75, 3.05) is 17.6 Å². The van der Waals surface area contributed by atoms with Crippen LogP contribution in [-0.4, -0.2) is 11.5 Å². The number of nitrogens with one attached hydrogen (secondary N) is 1. The zero-order chi connectivity index (χ0) is 9.97. The fourth-order valence-electron chi connectivity index (χ4n) is 1.62. The SMILES string of the molecule is Cc1nc(NCC2CCC2)ccc1N. The van der Waals surface area contributed by atoms with Gasteiger partial charge in [-0.25, -0.2) is 4.98 Å². The molecule has 1 heterocycles. The third kappa shape index (κ3) is 1.97. The molecule has 0 aliphatic heterocycles. The van der Waals surface area contributed by atoms with Crippen molar-refractivity contribution < 1.29 is 0 Å². The summed E-state index contributed by atoms with van der Waals surface area (Å²) < 4.78 is 0. The van der Waals surface area contributed by atoms with E-state index in [0.29, 0.717) is 0 Å². The molecule has 0 amide bonds. The maximum Gasteiger partial charge on any atom is 0.126 e. The predicted molar refractivity (Wildman–Crippen MR) is 59.2 cm³/mol. The first-order valence-corrected chi connectivity index (χ1v) is 5.22. The highest BCUT2D eigenvalue weighted by molar-refractivity contribution is 5.48. The number of nitrogen functional groups attached to an aromatic ring is 1. The molecule has 1 aromatic heterocycles. The molecule has 0 bridgehead atoms. The number of nitrogens with two attached hydrogens (primary N) is 1. The Bertz CT molecular complexity index is 318. The van der Waals surface area contributed by atoms with Crippen LogP contribution in [0.25, 0.3) is 0 Å². The standard InChI is InChI=1S/C11H17N3/c1-8-10(12)5-6-11(14-8)13-7-9-3-2-4-9/h5-6,9H,2-4,7,12H2,1H3,(H,13,14). The second kappa shape index (κ2) is 3.86. The van der Waals surface area contributed by atoms with Crippen LogP contribution in [0.3, 0.4) is 0 Å². The van der Waals surface area contributed by atoms with Gasteiger partial charge in [-0.05, 0) is 37.8 Å². The van der Waals surface area contributed by atoms with E-state index >= 15 is 0 Å². The van der Waals surface area contributed by atoms with E-state index in [9.17, 15) is 0 Å². The number of pyridine rings is 1. The van der Waals surface area contributed by atoms with Crippen molar-refractivity contribution in [3.8, 4) is 0 Å². The fraction of sp³-hybridized carbons (Fsp3) is 0.545. The largest absolute Gasteiger partial charge is 0.397 e. The molecule has 0 unspecified atom stereocenters. The second-order valence-electron chi connectivity index (χ2n) is 4.05. The van der Waals surface area contributed by atoms with Gasteiger partial charge < -0.3 is 11.1 Å². The van der Waals surface area contributed by atoms with Crippen molar-refractivity contribution in [3.63, 3.8) is 0 Å². The molecule has 1 fully saturated rings. The van der Waals surface area contributed by atoms with Gasteiger partial charge in [0.15, 0.2) is 0 Å². The summed E-state index contributed by atoms with van der Waals surface area (Å²) >= 11 is 0. The Hall–Kier alpha value is -1.25. The Kier molecular flexibility index (Phi) is 2.57. The number of nitrogens with zero attached hydrogens (tertiary/aromatic N) is 1. The van der Waals surface area contributed by atoms with Crippen LogP contribution in [0.2, 0.25) is 0 Å². The fourth-order valence-corrected chi connectivity index (χ4v) is 1.62. The second-order valence-corrected chi connectivity index (χ2v) is 4.05. The average Bonchev–Trinajstić information content (AvgIpc) is 2.08. The van der Waals surface area contributed by atoms with Gasteiger partial charge in [-0.3, -0.25) is 0 Å². The highest BCUT2D eigenvalue weighted by Gasteiger charge is 2.16. The normalized spacial score (nSPS) is 16.4. The molecule has 1 aromatic rings. The molecule has 0 radical (unpaired) electrons. The quantitative estimate of drug-likeness (QED) is 0.770. The zero-order valence-corrected chi connectivity index (χ0v) is 8.59. The first-order chi connectivity index (χ1) is 6.75. The number of aromatic nitrogens is 1. The van der Waals surface area contributed by atoms with Gasteiger partial charge in [0.05, 0.1) is 11.4 Å². The van der Waals surface area contributed by atoms with Gasteiger partial charge >= 0.3 is 0 Å². The summed E-state index contributed by atoms with van der Waals surface area (Å²) in [4.78, 5) is 4.37. The summed E-state index contributed by atoms with van der Waals surface area (Å²) in [7, 11) is 0. The van der Waals surface area contributed by atoms with Crippen molar-refractivity contribution in [2.45, 2.75) is 26.2 Å². The van der Waals surface area contributed by atoms with Crippen LogP contribution in [0.1, 0.15) is 25.0 Å². The summed E-state index contributed by atoms with van der Waals surface area (Å²) in [6.45, 7) is 2.99. The van der Waals surface area contributed by atoms with Crippen molar-refractivity contribution in [1.29, 1.82) is 0 Å². The molecule has 1 aliphatic carbocycles. The summed E-state index contributed by atoms with van der Waals surface area (Å²) in [6, 6.07) is 3.85. The number of hydrogen-bond donors (Lipinski definition) is 2.